The van der Waals surface area contributed by atoms with Gasteiger partial charge in [-0.05, 0) is 6.92 Å². The first-order valence-corrected chi connectivity index (χ1v) is 3.69. The van der Waals surface area contributed by atoms with E-state index < -0.39 is 0 Å². The molecule has 0 amide bonds. The van der Waals surface area contributed by atoms with Gasteiger partial charge in [0.25, 0.3) is 5.56 Å². The number of aromatic nitrogens is 5. The minimum Gasteiger partial charge on any atom is -0.268 e. The minimum absolute atomic E-state index is 0.214. The Kier molecular flexibility index (Phi) is 1.66. The van der Waals surface area contributed by atoms with Gasteiger partial charge < -0.3 is 0 Å². The highest BCUT2D eigenvalue weighted by molar-refractivity contribution is 5.56. The van der Waals surface area contributed by atoms with Gasteiger partial charge in [0.05, 0.1) is 6.20 Å². The van der Waals surface area contributed by atoms with Crippen LogP contribution in [0.5, 0.6) is 0 Å². The van der Waals surface area contributed by atoms with Gasteiger partial charge in [0.1, 0.15) is 6.33 Å². The van der Waals surface area contributed by atoms with E-state index in [1.807, 2.05) is 0 Å². The number of rotatable bonds is 1. The summed E-state index contributed by atoms with van der Waals surface area (Å²) in [5, 5.41) is 12.4. The predicted octanol–water partition coefficient (Wildman–Crippen LogP) is -0.137. The number of aromatic amines is 2. The lowest BCUT2D eigenvalue weighted by atomic mass is 10.2. The van der Waals surface area contributed by atoms with E-state index in [0.29, 0.717) is 17.0 Å². The van der Waals surface area contributed by atoms with Crippen molar-refractivity contribution >= 4 is 0 Å². The van der Waals surface area contributed by atoms with Crippen molar-refractivity contribution in [2.45, 2.75) is 6.92 Å². The first-order valence-electron chi connectivity index (χ1n) is 3.69. The van der Waals surface area contributed by atoms with Crippen LogP contribution in [0.2, 0.25) is 0 Å². The number of hydrogen-bond donors (Lipinski definition) is 2. The number of hydrogen-bond acceptors (Lipinski definition) is 4. The molecule has 2 N–H and O–H groups in total. The molecule has 0 unspecified atom stereocenters. The summed E-state index contributed by atoms with van der Waals surface area (Å²) in [5.74, 6) is 0.552. The van der Waals surface area contributed by atoms with E-state index in [2.05, 4.69) is 25.4 Å². The topological polar surface area (TPSA) is 87.3 Å². The zero-order valence-electron chi connectivity index (χ0n) is 6.90. The van der Waals surface area contributed by atoms with Gasteiger partial charge in [-0.3, -0.25) is 9.89 Å². The number of H-pyrrole nitrogens is 2. The van der Waals surface area contributed by atoms with Gasteiger partial charge in [-0.2, -0.15) is 10.2 Å². The smallest absolute Gasteiger partial charge is 0.267 e. The summed E-state index contributed by atoms with van der Waals surface area (Å²) in [6.07, 6.45) is 2.92. The Bertz CT molecular complexity index is 458. The average molecular weight is 177 g/mol. The van der Waals surface area contributed by atoms with Crippen LogP contribution in [0.3, 0.4) is 0 Å². The third kappa shape index (κ3) is 1.22. The van der Waals surface area contributed by atoms with Gasteiger partial charge in [0, 0.05) is 11.1 Å². The van der Waals surface area contributed by atoms with E-state index in [-0.39, 0.29) is 5.56 Å². The molecule has 0 aliphatic carbocycles. The lowest BCUT2D eigenvalue weighted by Gasteiger charge is -1.97. The molecule has 0 saturated carbocycles. The van der Waals surface area contributed by atoms with Gasteiger partial charge in [-0.15, -0.1) is 0 Å². The Morgan fingerprint density at radius 3 is 2.85 bits per heavy atom. The molecule has 0 atom stereocenters. The van der Waals surface area contributed by atoms with Gasteiger partial charge in [0.2, 0.25) is 0 Å². The van der Waals surface area contributed by atoms with Gasteiger partial charge in [-0.25, -0.2) is 10.1 Å². The minimum atomic E-state index is -0.214. The van der Waals surface area contributed by atoms with Crippen LogP contribution in [-0.4, -0.2) is 25.4 Å². The summed E-state index contributed by atoms with van der Waals surface area (Å²) in [5.41, 5.74) is 1.03. The largest absolute Gasteiger partial charge is 0.268 e. The van der Waals surface area contributed by atoms with E-state index in [1.165, 1.54) is 12.5 Å². The molecule has 2 aromatic rings. The van der Waals surface area contributed by atoms with E-state index in [0.717, 1.165) is 0 Å². The van der Waals surface area contributed by atoms with Crippen LogP contribution in [0.25, 0.3) is 11.4 Å². The first kappa shape index (κ1) is 7.66. The van der Waals surface area contributed by atoms with Crippen LogP contribution in [-0.2, 0) is 0 Å². The highest BCUT2D eigenvalue weighted by Gasteiger charge is 2.06. The molecule has 2 heterocycles. The van der Waals surface area contributed by atoms with Crippen LogP contribution in [0.1, 0.15) is 5.56 Å². The summed E-state index contributed by atoms with van der Waals surface area (Å²) < 4.78 is 0. The highest BCUT2D eigenvalue weighted by Crippen LogP contribution is 2.12. The van der Waals surface area contributed by atoms with Crippen LogP contribution in [0.4, 0.5) is 0 Å². The van der Waals surface area contributed by atoms with Crippen molar-refractivity contribution in [3.05, 3.63) is 28.4 Å². The standard InChI is InChI=1S/C7H7N5O/c1-4-5(2-9-12-7(4)13)6-8-3-10-11-6/h2-3H,1H3,(H,12,13)(H,8,10,11). The monoisotopic (exact) mass is 177 g/mol. The third-order valence-electron chi connectivity index (χ3n) is 1.77. The molecule has 0 fully saturated rings. The quantitative estimate of drug-likeness (QED) is 0.634. The maximum atomic E-state index is 11.2. The molecule has 0 aliphatic heterocycles. The molecule has 66 valence electrons. The van der Waals surface area contributed by atoms with E-state index >= 15 is 0 Å². The van der Waals surface area contributed by atoms with Crippen molar-refractivity contribution in [1.29, 1.82) is 0 Å². The van der Waals surface area contributed by atoms with Crippen molar-refractivity contribution < 1.29 is 0 Å². The Morgan fingerprint density at radius 2 is 2.15 bits per heavy atom. The lowest BCUT2D eigenvalue weighted by molar-refractivity contribution is 0.965. The Balaban J connectivity index is 2.66. The average Bonchev–Trinajstić information content (AvgIpc) is 2.62. The molecule has 6 heteroatoms. The van der Waals surface area contributed by atoms with E-state index in [9.17, 15) is 4.79 Å². The molecular formula is C7H7N5O. The molecule has 0 saturated heterocycles. The van der Waals surface area contributed by atoms with Crippen molar-refractivity contribution in [3.63, 3.8) is 0 Å². The van der Waals surface area contributed by atoms with Crippen LogP contribution in [0, 0.1) is 6.92 Å². The van der Waals surface area contributed by atoms with Crippen molar-refractivity contribution in [2.24, 2.45) is 0 Å². The summed E-state index contributed by atoms with van der Waals surface area (Å²) in [6.45, 7) is 1.71. The normalized spacial score (nSPS) is 10.2. The second-order valence-corrected chi connectivity index (χ2v) is 2.57. The van der Waals surface area contributed by atoms with Gasteiger partial charge >= 0.3 is 0 Å². The van der Waals surface area contributed by atoms with Crippen LogP contribution >= 0.6 is 0 Å². The highest BCUT2D eigenvalue weighted by atomic mass is 16.1. The second kappa shape index (κ2) is 2.81. The third-order valence-corrected chi connectivity index (χ3v) is 1.77. The van der Waals surface area contributed by atoms with Gasteiger partial charge in [0.15, 0.2) is 5.82 Å². The predicted molar refractivity (Wildman–Crippen MR) is 45.0 cm³/mol. The molecule has 0 aliphatic rings. The maximum absolute atomic E-state index is 11.2. The Hall–Kier alpha value is -1.98. The molecule has 0 radical (unpaired) electrons. The molecule has 0 bridgehead atoms. The molecule has 6 nitrogen and oxygen atoms in total. The molecular weight excluding hydrogens is 170 g/mol. The fourth-order valence-corrected chi connectivity index (χ4v) is 1.03. The maximum Gasteiger partial charge on any atom is 0.267 e. The fourth-order valence-electron chi connectivity index (χ4n) is 1.03. The van der Waals surface area contributed by atoms with Crippen molar-refractivity contribution in [1.82, 2.24) is 25.4 Å². The molecule has 2 rings (SSSR count). The molecule has 2 aromatic heterocycles. The van der Waals surface area contributed by atoms with Crippen LogP contribution in [0.15, 0.2) is 17.3 Å². The van der Waals surface area contributed by atoms with Crippen LogP contribution < -0.4 is 5.56 Å². The zero-order chi connectivity index (χ0) is 9.26. The SMILES string of the molecule is Cc1c(-c2ncn[nH]2)cn[nH]c1=O. The lowest BCUT2D eigenvalue weighted by Crippen LogP contribution is -2.12. The summed E-state index contributed by atoms with van der Waals surface area (Å²) >= 11 is 0. The Morgan fingerprint density at radius 1 is 1.31 bits per heavy atom. The van der Waals surface area contributed by atoms with Crippen molar-refractivity contribution in [3.8, 4) is 11.4 Å². The summed E-state index contributed by atoms with van der Waals surface area (Å²) in [6, 6.07) is 0. The van der Waals surface area contributed by atoms with E-state index in [1.54, 1.807) is 6.92 Å². The first-order chi connectivity index (χ1) is 6.29. The zero-order valence-corrected chi connectivity index (χ0v) is 6.90. The second-order valence-electron chi connectivity index (χ2n) is 2.57. The fraction of sp³-hybridized carbons (Fsp3) is 0.143. The molecule has 13 heavy (non-hydrogen) atoms. The van der Waals surface area contributed by atoms with Gasteiger partial charge in [-0.1, -0.05) is 0 Å². The summed E-state index contributed by atoms with van der Waals surface area (Å²) in [7, 11) is 0. The van der Waals surface area contributed by atoms with Crippen molar-refractivity contribution in [2.75, 3.05) is 0 Å². The number of nitrogens with one attached hydrogen (secondary N) is 2. The van der Waals surface area contributed by atoms with E-state index in [4.69, 9.17) is 0 Å². The molecule has 0 aromatic carbocycles. The molecule has 0 spiro atoms. The Labute approximate surface area is 73.0 Å². The summed E-state index contributed by atoms with van der Waals surface area (Å²) in [4.78, 5) is 15.1. The number of nitrogens with zero attached hydrogens (tertiary/aromatic N) is 3.